The number of urea groups is 1. The monoisotopic (exact) mass is 506 g/mol. The number of anilines is 3. The molecule has 2 aromatic rings. The molecule has 8 nitrogen and oxygen atoms in total. The highest BCUT2D eigenvalue weighted by Gasteiger charge is 2.24. The van der Waals surface area contributed by atoms with Crippen molar-refractivity contribution in [3.63, 3.8) is 0 Å². The summed E-state index contributed by atoms with van der Waals surface area (Å²) in [5.74, 6) is 0.201. The van der Waals surface area contributed by atoms with Gasteiger partial charge in [0.25, 0.3) is 5.91 Å². The Morgan fingerprint density at radius 1 is 0.892 bits per heavy atom. The molecule has 0 aromatic heterocycles. The molecule has 8 heteroatoms. The van der Waals surface area contributed by atoms with E-state index < -0.39 is 12.0 Å². The van der Waals surface area contributed by atoms with Crippen LogP contribution in [0, 0.1) is 5.92 Å². The van der Waals surface area contributed by atoms with Crippen molar-refractivity contribution >= 4 is 35.0 Å². The molecule has 0 spiro atoms. The van der Waals surface area contributed by atoms with Crippen LogP contribution in [0.2, 0.25) is 0 Å². The number of hydrogen-bond donors (Lipinski definition) is 3. The molecule has 0 unspecified atom stereocenters. The van der Waals surface area contributed by atoms with Crippen LogP contribution in [-0.2, 0) is 4.74 Å². The van der Waals surface area contributed by atoms with Crippen molar-refractivity contribution < 1.29 is 19.1 Å². The van der Waals surface area contributed by atoms with E-state index in [9.17, 15) is 14.4 Å². The van der Waals surface area contributed by atoms with Crippen LogP contribution in [0.3, 0.4) is 0 Å². The van der Waals surface area contributed by atoms with Gasteiger partial charge in [0.2, 0.25) is 0 Å². The van der Waals surface area contributed by atoms with Gasteiger partial charge in [-0.15, -0.1) is 0 Å². The summed E-state index contributed by atoms with van der Waals surface area (Å²) >= 11 is 0. The molecule has 0 radical (unpaired) electrons. The van der Waals surface area contributed by atoms with Crippen LogP contribution in [-0.4, -0.2) is 43.6 Å². The molecule has 1 aliphatic heterocycles. The summed E-state index contributed by atoms with van der Waals surface area (Å²) < 4.78 is 4.99. The molecule has 1 saturated carbocycles. The molecule has 0 atom stereocenters. The van der Waals surface area contributed by atoms with Crippen LogP contribution in [0.1, 0.15) is 79.5 Å². The molecule has 2 fully saturated rings. The third kappa shape index (κ3) is 7.24. The normalized spacial score (nSPS) is 16.6. The fourth-order valence-corrected chi connectivity index (χ4v) is 5.03. The summed E-state index contributed by atoms with van der Waals surface area (Å²) in [4.78, 5) is 40.2. The van der Waals surface area contributed by atoms with Gasteiger partial charge in [-0.05, 0) is 81.0 Å². The van der Waals surface area contributed by atoms with E-state index in [0.29, 0.717) is 35.0 Å². The van der Waals surface area contributed by atoms with Crippen LogP contribution in [0.15, 0.2) is 42.5 Å². The number of nitrogens with one attached hydrogen (secondary N) is 3. The number of amides is 3. The van der Waals surface area contributed by atoms with Gasteiger partial charge >= 0.3 is 12.0 Å². The second-order valence-electron chi connectivity index (χ2n) is 10.1. The Labute approximate surface area is 219 Å². The average molecular weight is 507 g/mol. The van der Waals surface area contributed by atoms with Crippen molar-refractivity contribution in [1.82, 2.24) is 5.32 Å². The van der Waals surface area contributed by atoms with E-state index in [1.54, 1.807) is 37.3 Å². The fourth-order valence-electron chi connectivity index (χ4n) is 5.03. The first-order valence-corrected chi connectivity index (χ1v) is 13.5. The van der Waals surface area contributed by atoms with Gasteiger partial charge < -0.3 is 25.6 Å². The van der Waals surface area contributed by atoms with Crippen LogP contribution in [0.25, 0.3) is 0 Å². The quantitative estimate of drug-likeness (QED) is 0.412. The minimum atomic E-state index is -0.429. The molecule has 1 saturated heterocycles. The lowest BCUT2D eigenvalue weighted by Gasteiger charge is -2.34. The summed E-state index contributed by atoms with van der Waals surface area (Å²) in [7, 11) is 0. The second kappa shape index (κ2) is 12.6. The zero-order valence-corrected chi connectivity index (χ0v) is 21.8. The van der Waals surface area contributed by atoms with E-state index >= 15 is 0 Å². The number of ether oxygens (including phenoxy) is 1. The topological polar surface area (TPSA) is 99.8 Å². The number of nitrogens with zero attached hydrogens (tertiary/aromatic N) is 1. The van der Waals surface area contributed by atoms with E-state index in [1.165, 1.54) is 6.42 Å². The minimum Gasteiger partial charge on any atom is -0.462 e. The Bertz CT molecular complexity index is 1090. The summed E-state index contributed by atoms with van der Waals surface area (Å²) in [5.41, 5.74) is 3.02. The van der Waals surface area contributed by atoms with E-state index in [1.807, 2.05) is 12.1 Å². The number of rotatable bonds is 7. The molecule has 0 bridgehead atoms. The predicted molar refractivity (Wildman–Crippen MR) is 146 cm³/mol. The van der Waals surface area contributed by atoms with Crippen LogP contribution in [0.4, 0.5) is 21.9 Å². The van der Waals surface area contributed by atoms with Gasteiger partial charge in [-0.1, -0.05) is 26.2 Å². The van der Waals surface area contributed by atoms with Gasteiger partial charge in [0.15, 0.2) is 0 Å². The second-order valence-corrected chi connectivity index (χ2v) is 10.1. The highest BCUT2D eigenvalue weighted by atomic mass is 16.5. The van der Waals surface area contributed by atoms with Crippen molar-refractivity contribution in [2.45, 2.75) is 64.8 Å². The summed E-state index contributed by atoms with van der Waals surface area (Å²) in [6.07, 6.45) is 7.73. The number of carbonyl (C=O) groups is 3. The number of carbonyl (C=O) groups excluding carboxylic acids is 3. The molecule has 2 aliphatic rings. The lowest BCUT2D eigenvalue weighted by Crippen LogP contribution is -2.38. The highest BCUT2D eigenvalue weighted by molar-refractivity contribution is 6.04. The first-order chi connectivity index (χ1) is 17.9. The lowest BCUT2D eigenvalue weighted by atomic mass is 9.95. The van der Waals surface area contributed by atoms with Crippen molar-refractivity contribution in [3.05, 3.63) is 53.6 Å². The van der Waals surface area contributed by atoms with Crippen molar-refractivity contribution in [2.24, 2.45) is 5.92 Å². The Hall–Kier alpha value is -3.55. The molecule has 198 valence electrons. The Morgan fingerprint density at radius 3 is 2.22 bits per heavy atom. The Balaban J connectivity index is 1.46. The zero-order chi connectivity index (χ0) is 26.2. The zero-order valence-electron chi connectivity index (χ0n) is 21.8. The first-order valence-electron chi connectivity index (χ1n) is 13.5. The number of piperidine rings is 1. The summed E-state index contributed by atoms with van der Waals surface area (Å²) in [5, 5.41) is 8.85. The SMILES string of the molecule is CCOC(=O)c1ccc(NC(=O)Nc2ccc(N3CCC(C)CC3)c(C(=O)NC3CCCCC3)c2)cc1. The van der Waals surface area contributed by atoms with Crippen molar-refractivity contribution in [2.75, 3.05) is 35.2 Å². The number of benzene rings is 2. The van der Waals surface area contributed by atoms with Crippen LogP contribution < -0.4 is 20.9 Å². The fraction of sp³-hybridized carbons (Fsp3) is 0.483. The highest BCUT2D eigenvalue weighted by Crippen LogP contribution is 2.29. The third-order valence-corrected chi connectivity index (χ3v) is 7.22. The van der Waals surface area contributed by atoms with E-state index in [-0.39, 0.29) is 11.9 Å². The summed E-state index contributed by atoms with van der Waals surface area (Å²) in [6.45, 7) is 6.16. The van der Waals surface area contributed by atoms with E-state index in [0.717, 1.165) is 57.3 Å². The number of hydrogen-bond acceptors (Lipinski definition) is 5. The summed E-state index contributed by atoms with van der Waals surface area (Å²) in [6, 6.07) is 11.8. The van der Waals surface area contributed by atoms with Gasteiger partial charge in [-0.3, -0.25) is 4.79 Å². The molecular formula is C29H38N4O4. The largest absolute Gasteiger partial charge is 0.462 e. The van der Waals surface area contributed by atoms with E-state index in [4.69, 9.17) is 4.74 Å². The van der Waals surface area contributed by atoms with Crippen molar-refractivity contribution in [3.8, 4) is 0 Å². The van der Waals surface area contributed by atoms with Gasteiger partial charge in [-0.2, -0.15) is 0 Å². The first kappa shape index (κ1) is 26.5. The molecule has 1 aliphatic carbocycles. The van der Waals surface area contributed by atoms with Gasteiger partial charge in [0.05, 0.1) is 17.7 Å². The van der Waals surface area contributed by atoms with Crippen LogP contribution in [0.5, 0.6) is 0 Å². The molecule has 2 aromatic carbocycles. The Kier molecular flexibility index (Phi) is 9.04. The number of esters is 1. The molecule has 3 N–H and O–H groups in total. The maximum Gasteiger partial charge on any atom is 0.338 e. The van der Waals surface area contributed by atoms with Gasteiger partial charge in [-0.25, -0.2) is 9.59 Å². The average Bonchev–Trinajstić information content (AvgIpc) is 2.90. The predicted octanol–water partition coefficient (Wildman–Crippen LogP) is 5.81. The van der Waals surface area contributed by atoms with Gasteiger partial charge in [0.1, 0.15) is 0 Å². The van der Waals surface area contributed by atoms with Gasteiger partial charge in [0, 0.05) is 36.2 Å². The lowest BCUT2D eigenvalue weighted by molar-refractivity contribution is 0.0526. The standard InChI is InChI=1S/C29H38N4O4/c1-3-37-28(35)21-9-11-23(12-10-21)31-29(36)32-24-13-14-26(33-17-15-20(2)16-18-33)25(19-24)27(34)30-22-7-5-4-6-8-22/h9-14,19-20,22H,3-8,15-18H2,1-2H3,(H,30,34)(H2,31,32,36). The maximum atomic E-state index is 13.4. The molecule has 1 heterocycles. The maximum absolute atomic E-state index is 13.4. The molecule has 3 amide bonds. The molecule has 4 rings (SSSR count). The third-order valence-electron chi connectivity index (χ3n) is 7.22. The molecule has 37 heavy (non-hydrogen) atoms. The smallest absolute Gasteiger partial charge is 0.338 e. The minimum absolute atomic E-state index is 0.0841. The Morgan fingerprint density at radius 2 is 1.54 bits per heavy atom. The van der Waals surface area contributed by atoms with E-state index in [2.05, 4.69) is 27.8 Å². The molecular weight excluding hydrogens is 468 g/mol. The van der Waals surface area contributed by atoms with Crippen molar-refractivity contribution in [1.29, 1.82) is 0 Å². The van der Waals surface area contributed by atoms with Crippen LogP contribution >= 0.6 is 0 Å².